The van der Waals surface area contributed by atoms with E-state index in [1.807, 2.05) is 29.6 Å². The molecule has 0 N–H and O–H groups in total. The van der Waals surface area contributed by atoms with E-state index in [9.17, 15) is 4.79 Å². The molecule has 0 bridgehead atoms. The fraction of sp³-hybridized carbons (Fsp3) is 0. The fourth-order valence-electron chi connectivity index (χ4n) is 1.19. The molecule has 0 atom stereocenters. The molecule has 0 spiro atoms. The number of rotatable bonds is 2. The molecule has 0 amide bonds. The van der Waals surface area contributed by atoms with Crippen molar-refractivity contribution in [1.82, 2.24) is 0 Å². The van der Waals surface area contributed by atoms with Gasteiger partial charge in [-0.15, -0.1) is 11.3 Å². The van der Waals surface area contributed by atoms with Gasteiger partial charge in [0.1, 0.15) is 6.29 Å². The molecule has 2 rings (SSSR count). The van der Waals surface area contributed by atoms with Crippen molar-refractivity contribution in [2.24, 2.45) is 0 Å². The van der Waals surface area contributed by atoms with Crippen LogP contribution in [0.3, 0.4) is 0 Å². The lowest BCUT2D eigenvalue weighted by atomic mass is 10.1. The van der Waals surface area contributed by atoms with Crippen LogP contribution in [0.2, 0.25) is 0 Å². The summed E-state index contributed by atoms with van der Waals surface area (Å²) in [6.45, 7) is 0. The quantitative estimate of drug-likeness (QED) is 0.752. The average molecular weight is 267 g/mol. The van der Waals surface area contributed by atoms with E-state index in [4.69, 9.17) is 0 Å². The zero-order chi connectivity index (χ0) is 9.97. The van der Waals surface area contributed by atoms with Crippen LogP contribution in [0.25, 0.3) is 10.4 Å². The highest BCUT2D eigenvalue weighted by Gasteiger charge is 2.00. The Morgan fingerprint density at radius 1 is 1.21 bits per heavy atom. The van der Waals surface area contributed by atoms with Crippen molar-refractivity contribution in [2.45, 2.75) is 0 Å². The van der Waals surface area contributed by atoms with Crippen LogP contribution in [0.1, 0.15) is 10.4 Å². The molecule has 70 valence electrons. The number of thiophene rings is 1. The van der Waals surface area contributed by atoms with E-state index in [1.165, 1.54) is 4.88 Å². The predicted molar refractivity (Wildman–Crippen MR) is 62.8 cm³/mol. The first-order valence-corrected chi connectivity index (χ1v) is 5.76. The predicted octanol–water partition coefficient (Wildman–Crippen LogP) is 3.99. The smallest absolute Gasteiger partial charge is 0.150 e. The third-order valence-corrected chi connectivity index (χ3v) is 3.64. The van der Waals surface area contributed by atoms with Crippen LogP contribution >= 0.6 is 27.3 Å². The van der Waals surface area contributed by atoms with E-state index in [0.29, 0.717) is 5.56 Å². The standard InChI is InChI=1S/C11H7BrOS/c12-10-5-11(14-7-10)9-3-1-8(6-13)2-4-9/h1-7H. The second-order valence-corrected chi connectivity index (χ2v) is 4.70. The summed E-state index contributed by atoms with van der Waals surface area (Å²) < 4.78 is 1.09. The van der Waals surface area contributed by atoms with E-state index in [-0.39, 0.29) is 0 Å². The molecule has 0 radical (unpaired) electrons. The second kappa shape index (κ2) is 4.07. The normalized spacial score (nSPS) is 10.1. The summed E-state index contributed by atoms with van der Waals surface area (Å²) in [4.78, 5) is 11.7. The number of carbonyl (C=O) groups is 1. The van der Waals surface area contributed by atoms with Crippen LogP contribution in [-0.2, 0) is 0 Å². The van der Waals surface area contributed by atoms with Gasteiger partial charge in [-0.1, -0.05) is 24.3 Å². The monoisotopic (exact) mass is 266 g/mol. The molecule has 0 saturated carbocycles. The van der Waals surface area contributed by atoms with Crippen molar-refractivity contribution in [3.63, 3.8) is 0 Å². The van der Waals surface area contributed by atoms with Gasteiger partial charge < -0.3 is 0 Å². The molecule has 1 nitrogen and oxygen atoms in total. The number of aldehydes is 1. The molecule has 3 heteroatoms. The molecule has 14 heavy (non-hydrogen) atoms. The fourth-order valence-corrected chi connectivity index (χ4v) is 2.63. The summed E-state index contributed by atoms with van der Waals surface area (Å²) in [5, 5.41) is 2.04. The summed E-state index contributed by atoms with van der Waals surface area (Å²) in [6.07, 6.45) is 0.855. The van der Waals surface area contributed by atoms with Crippen LogP contribution in [-0.4, -0.2) is 6.29 Å². The topological polar surface area (TPSA) is 17.1 Å². The van der Waals surface area contributed by atoms with Crippen LogP contribution in [0.4, 0.5) is 0 Å². The highest BCUT2D eigenvalue weighted by atomic mass is 79.9. The lowest BCUT2D eigenvalue weighted by Gasteiger charge is -1.96. The molecule has 2 aromatic rings. The first-order valence-electron chi connectivity index (χ1n) is 4.09. The minimum absolute atomic E-state index is 0.712. The van der Waals surface area contributed by atoms with Gasteiger partial charge in [0.05, 0.1) is 0 Å². The van der Waals surface area contributed by atoms with Gasteiger partial charge in [0.15, 0.2) is 0 Å². The molecule has 0 aliphatic rings. The summed E-state index contributed by atoms with van der Waals surface area (Å²) in [5.74, 6) is 0. The second-order valence-electron chi connectivity index (χ2n) is 2.87. The Balaban J connectivity index is 2.38. The van der Waals surface area contributed by atoms with Crippen LogP contribution in [0.5, 0.6) is 0 Å². The SMILES string of the molecule is O=Cc1ccc(-c2cc(Br)cs2)cc1. The highest BCUT2D eigenvalue weighted by Crippen LogP contribution is 2.29. The van der Waals surface area contributed by atoms with Gasteiger partial charge in [-0.3, -0.25) is 4.79 Å². The Morgan fingerprint density at radius 2 is 1.93 bits per heavy atom. The van der Waals surface area contributed by atoms with E-state index in [1.54, 1.807) is 11.3 Å². The number of hydrogen-bond donors (Lipinski definition) is 0. The van der Waals surface area contributed by atoms with Gasteiger partial charge in [-0.2, -0.15) is 0 Å². The summed E-state index contributed by atoms with van der Waals surface area (Å²) >= 11 is 5.09. The van der Waals surface area contributed by atoms with Gasteiger partial charge in [-0.05, 0) is 27.6 Å². The first kappa shape index (κ1) is 9.62. The minimum Gasteiger partial charge on any atom is -0.298 e. The summed E-state index contributed by atoms with van der Waals surface area (Å²) in [6, 6.07) is 9.65. The number of carbonyl (C=O) groups excluding carboxylic acids is 1. The van der Waals surface area contributed by atoms with Crippen molar-refractivity contribution < 1.29 is 4.79 Å². The maximum atomic E-state index is 10.5. The number of hydrogen-bond acceptors (Lipinski definition) is 2. The van der Waals surface area contributed by atoms with Crippen LogP contribution in [0.15, 0.2) is 40.2 Å². The maximum absolute atomic E-state index is 10.5. The molecule has 0 unspecified atom stereocenters. The molecular formula is C11H7BrOS. The van der Waals surface area contributed by atoms with Crippen molar-refractivity contribution in [2.75, 3.05) is 0 Å². The Labute approximate surface area is 94.5 Å². The van der Waals surface area contributed by atoms with Crippen LogP contribution in [0, 0.1) is 0 Å². The van der Waals surface area contributed by atoms with E-state index in [0.717, 1.165) is 16.3 Å². The molecule has 1 aromatic heterocycles. The molecule has 1 heterocycles. The van der Waals surface area contributed by atoms with Crippen molar-refractivity contribution >= 4 is 33.6 Å². The number of benzene rings is 1. The molecule has 0 aliphatic carbocycles. The Hall–Kier alpha value is -0.930. The molecule has 0 saturated heterocycles. The van der Waals surface area contributed by atoms with Gasteiger partial charge in [-0.25, -0.2) is 0 Å². The third kappa shape index (κ3) is 1.94. The van der Waals surface area contributed by atoms with E-state index < -0.39 is 0 Å². The van der Waals surface area contributed by atoms with E-state index in [2.05, 4.69) is 22.0 Å². The van der Waals surface area contributed by atoms with Crippen molar-refractivity contribution in [3.05, 3.63) is 45.7 Å². The van der Waals surface area contributed by atoms with Gasteiger partial charge in [0.2, 0.25) is 0 Å². The largest absolute Gasteiger partial charge is 0.298 e. The Bertz CT molecular complexity index is 445. The Kier molecular flexibility index (Phi) is 2.79. The minimum atomic E-state index is 0.712. The summed E-state index contributed by atoms with van der Waals surface area (Å²) in [5.41, 5.74) is 1.86. The van der Waals surface area contributed by atoms with E-state index >= 15 is 0 Å². The van der Waals surface area contributed by atoms with Gasteiger partial charge in [0.25, 0.3) is 0 Å². The maximum Gasteiger partial charge on any atom is 0.150 e. The zero-order valence-electron chi connectivity index (χ0n) is 7.24. The highest BCUT2D eigenvalue weighted by molar-refractivity contribution is 9.10. The molecule has 1 aromatic carbocycles. The first-order chi connectivity index (χ1) is 6.79. The van der Waals surface area contributed by atoms with Gasteiger partial charge in [0, 0.05) is 20.3 Å². The van der Waals surface area contributed by atoms with Crippen LogP contribution < -0.4 is 0 Å². The third-order valence-electron chi connectivity index (χ3n) is 1.90. The lowest BCUT2D eigenvalue weighted by Crippen LogP contribution is -1.78. The molecular weight excluding hydrogens is 260 g/mol. The Morgan fingerprint density at radius 3 is 2.43 bits per heavy atom. The van der Waals surface area contributed by atoms with Crippen molar-refractivity contribution in [1.29, 1.82) is 0 Å². The van der Waals surface area contributed by atoms with Crippen molar-refractivity contribution in [3.8, 4) is 10.4 Å². The summed E-state index contributed by atoms with van der Waals surface area (Å²) in [7, 11) is 0. The molecule has 0 fully saturated rings. The van der Waals surface area contributed by atoms with Gasteiger partial charge >= 0.3 is 0 Å². The molecule has 0 aliphatic heterocycles. The number of halogens is 1. The lowest BCUT2D eigenvalue weighted by molar-refractivity contribution is 0.112. The average Bonchev–Trinajstić information content (AvgIpc) is 2.65. The zero-order valence-corrected chi connectivity index (χ0v) is 9.64.